The van der Waals surface area contributed by atoms with Crippen molar-refractivity contribution < 1.29 is 8.42 Å². The van der Waals surface area contributed by atoms with Gasteiger partial charge in [-0.05, 0) is 24.3 Å². The average molecular weight is 393 g/mol. The van der Waals surface area contributed by atoms with Gasteiger partial charge >= 0.3 is 0 Å². The molecule has 128 valence electrons. The van der Waals surface area contributed by atoms with Crippen LogP contribution >= 0.6 is 22.9 Å². The van der Waals surface area contributed by atoms with E-state index in [2.05, 4.69) is 20.2 Å². The first-order chi connectivity index (χ1) is 12.0. The molecule has 0 aliphatic heterocycles. The predicted molar refractivity (Wildman–Crippen MR) is 101 cm³/mol. The van der Waals surface area contributed by atoms with Gasteiger partial charge in [-0.25, -0.2) is 9.82 Å². The van der Waals surface area contributed by atoms with E-state index in [4.69, 9.17) is 11.6 Å². The molecule has 0 fully saturated rings. The fourth-order valence-electron chi connectivity index (χ4n) is 1.90. The van der Waals surface area contributed by atoms with Crippen molar-refractivity contribution in [3.63, 3.8) is 0 Å². The fourth-order valence-corrected chi connectivity index (χ4v) is 3.76. The Labute approximate surface area is 154 Å². The number of hydrogen-bond donors (Lipinski definition) is 2. The van der Waals surface area contributed by atoms with Gasteiger partial charge in [-0.1, -0.05) is 59.3 Å². The van der Waals surface area contributed by atoms with Gasteiger partial charge in [-0.3, -0.25) is 0 Å². The second kappa shape index (κ2) is 7.64. The minimum atomic E-state index is -3.71. The first-order valence-corrected chi connectivity index (χ1v) is 9.81. The number of benzene rings is 2. The summed E-state index contributed by atoms with van der Waals surface area (Å²) in [5.41, 5.74) is 0.876. The molecular weight excluding hydrogens is 380 g/mol. The van der Waals surface area contributed by atoms with Crippen molar-refractivity contribution in [2.24, 2.45) is 5.10 Å². The van der Waals surface area contributed by atoms with E-state index < -0.39 is 10.0 Å². The third kappa shape index (κ3) is 4.56. The molecule has 9 heteroatoms. The average Bonchev–Trinajstić information content (AvgIpc) is 2.96. The van der Waals surface area contributed by atoms with Crippen LogP contribution < -0.4 is 10.1 Å². The molecule has 0 unspecified atom stereocenters. The Hall–Kier alpha value is -2.42. The van der Waals surface area contributed by atoms with E-state index in [0.717, 1.165) is 5.69 Å². The number of nitrogens with one attached hydrogen (secondary N) is 2. The largest absolute Gasteiger partial charge is 0.331 e. The molecule has 0 amide bonds. The Kier molecular flexibility index (Phi) is 5.32. The standard InChI is InChI=1S/C16H13ClN4O2S2/c17-15-14(24-16(20-15)19-12-7-3-1-4-8-12)11-18-21-25(22,23)13-9-5-2-6-10-13/h1-11,21H,(H,19,20). The van der Waals surface area contributed by atoms with Crippen molar-refractivity contribution in [2.45, 2.75) is 4.90 Å². The molecule has 1 aromatic heterocycles. The number of rotatable bonds is 6. The number of hydrazone groups is 1. The van der Waals surface area contributed by atoms with Crippen LogP contribution in [0.5, 0.6) is 0 Å². The van der Waals surface area contributed by atoms with Crippen molar-refractivity contribution in [1.82, 2.24) is 9.82 Å². The third-order valence-electron chi connectivity index (χ3n) is 3.04. The SMILES string of the molecule is O=S(=O)(NN=Cc1sc(Nc2ccccc2)nc1Cl)c1ccccc1. The van der Waals surface area contributed by atoms with Crippen LogP contribution in [0.3, 0.4) is 0 Å². The van der Waals surface area contributed by atoms with Gasteiger partial charge in [-0.15, -0.1) is 0 Å². The summed E-state index contributed by atoms with van der Waals surface area (Å²) in [7, 11) is -3.71. The monoisotopic (exact) mass is 392 g/mol. The van der Waals surface area contributed by atoms with E-state index in [1.807, 2.05) is 30.3 Å². The predicted octanol–water partition coefficient (Wildman–Crippen LogP) is 3.85. The van der Waals surface area contributed by atoms with Gasteiger partial charge in [0.15, 0.2) is 10.3 Å². The quantitative estimate of drug-likeness (QED) is 0.493. The van der Waals surface area contributed by atoms with Gasteiger partial charge in [-0.2, -0.15) is 13.5 Å². The molecule has 0 aliphatic carbocycles. The molecule has 1 heterocycles. The van der Waals surface area contributed by atoms with Gasteiger partial charge in [0, 0.05) is 5.69 Å². The smallest absolute Gasteiger partial charge is 0.276 e. The van der Waals surface area contributed by atoms with Crippen molar-refractivity contribution in [2.75, 3.05) is 5.32 Å². The minimum Gasteiger partial charge on any atom is -0.331 e. The van der Waals surface area contributed by atoms with E-state index >= 15 is 0 Å². The number of nitrogens with zero attached hydrogens (tertiary/aromatic N) is 2. The van der Waals surface area contributed by atoms with E-state index in [1.54, 1.807) is 18.2 Å². The maximum absolute atomic E-state index is 12.1. The van der Waals surface area contributed by atoms with Crippen molar-refractivity contribution in [1.29, 1.82) is 0 Å². The Bertz CT molecular complexity index is 974. The van der Waals surface area contributed by atoms with Crippen molar-refractivity contribution >= 4 is 50.0 Å². The molecule has 0 bridgehead atoms. The number of anilines is 2. The molecule has 3 rings (SSSR count). The van der Waals surface area contributed by atoms with Crippen molar-refractivity contribution in [3.8, 4) is 0 Å². The number of para-hydroxylation sites is 1. The molecule has 0 saturated carbocycles. The van der Waals surface area contributed by atoms with Gasteiger partial charge in [0.05, 0.1) is 16.0 Å². The molecule has 25 heavy (non-hydrogen) atoms. The van der Waals surface area contributed by atoms with Gasteiger partial charge in [0.2, 0.25) is 0 Å². The highest BCUT2D eigenvalue weighted by atomic mass is 35.5. The first-order valence-electron chi connectivity index (χ1n) is 7.13. The summed E-state index contributed by atoms with van der Waals surface area (Å²) in [6, 6.07) is 17.5. The normalized spacial score (nSPS) is 11.6. The van der Waals surface area contributed by atoms with Crippen LogP contribution in [0.2, 0.25) is 5.15 Å². The molecule has 0 saturated heterocycles. The van der Waals surface area contributed by atoms with Crippen LogP contribution in [-0.2, 0) is 10.0 Å². The Morgan fingerprint density at radius 2 is 1.68 bits per heavy atom. The molecule has 0 aliphatic rings. The fraction of sp³-hybridized carbons (Fsp3) is 0. The maximum Gasteiger partial charge on any atom is 0.276 e. The number of aromatic nitrogens is 1. The molecule has 2 aromatic carbocycles. The van der Waals surface area contributed by atoms with Crippen LogP contribution in [0, 0.1) is 0 Å². The zero-order chi connectivity index (χ0) is 17.7. The van der Waals surface area contributed by atoms with Gasteiger partial charge < -0.3 is 5.32 Å². The lowest BCUT2D eigenvalue weighted by Crippen LogP contribution is -2.18. The second-order valence-electron chi connectivity index (χ2n) is 4.83. The van der Waals surface area contributed by atoms with Crippen LogP contribution in [0.4, 0.5) is 10.8 Å². The lowest BCUT2D eigenvalue weighted by Gasteiger charge is -2.01. The minimum absolute atomic E-state index is 0.133. The number of sulfonamides is 1. The third-order valence-corrected chi connectivity index (χ3v) is 5.59. The molecule has 0 spiro atoms. The lowest BCUT2D eigenvalue weighted by atomic mass is 10.3. The molecule has 0 atom stereocenters. The first kappa shape index (κ1) is 17.4. The van der Waals surface area contributed by atoms with Crippen LogP contribution in [0.15, 0.2) is 70.7 Å². The molecular formula is C16H13ClN4O2S2. The van der Waals surface area contributed by atoms with Crippen LogP contribution in [-0.4, -0.2) is 19.6 Å². The highest BCUT2D eigenvalue weighted by Crippen LogP contribution is 2.27. The highest BCUT2D eigenvalue weighted by molar-refractivity contribution is 7.89. The summed E-state index contributed by atoms with van der Waals surface area (Å²) < 4.78 is 24.1. The summed E-state index contributed by atoms with van der Waals surface area (Å²) in [5.74, 6) is 0. The number of thiazole rings is 1. The highest BCUT2D eigenvalue weighted by Gasteiger charge is 2.12. The second-order valence-corrected chi connectivity index (χ2v) is 7.88. The molecule has 2 N–H and O–H groups in total. The zero-order valence-corrected chi connectivity index (χ0v) is 15.1. The molecule has 3 aromatic rings. The lowest BCUT2D eigenvalue weighted by molar-refractivity contribution is 0.584. The topological polar surface area (TPSA) is 83.5 Å². The molecule has 6 nitrogen and oxygen atoms in total. The summed E-state index contributed by atoms with van der Waals surface area (Å²) in [4.78, 5) is 7.01. The Balaban J connectivity index is 1.70. The number of hydrogen-bond acceptors (Lipinski definition) is 6. The van der Waals surface area contributed by atoms with E-state index in [-0.39, 0.29) is 10.0 Å². The van der Waals surface area contributed by atoms with Gasteiger partial charge in [0.25, 0.3) is 10.0 Å². The van der Waals surface area contributed by atoms with Crippen LogP contribution in [0.25, 0.3) is 0 Å². The Morgan fingerprint density at radius 1 is 1.04 bits per heavy atom. The van der Waals surface area contributed by atoms with E-state index in [9.17, 15) is 8.42 Å². The summed E-state index contributed by atoms with van der Waals surface area (Å²) >= 11 is 7.33. The van der Waals surface area contributed by atoms with E-state index in [1.165, 1.54) is 29.7 Å². The van der Waals surface area contributed by atoms with Gasteiger partial charge in [0.1, 0.15) is 0 Å². The molecule has 0 radical (unpaired) electrons. The summed E-state index contributed by atoms with van der Waals surface area (Å²) in [5, 5.41) is 7.71. The summed E-state index contributed by atoms with van der Waals surface area (Å²) in [6.07, 6.45) is 1.33. The zero-order valence-electron chi connectivity index (χ0n) is 12.8. The van der Waals surface area contributed by atoms with E-state index in [0.29, 0.717) is 10.0 Å². The summed E-state index contributed by atoms with van der Waals surface area (Å²) in [6.45, 7) is 0. The number of halogens is 1. The van der Waals surface area contributed by atoms with Crippen molar-refractivity contribution in [3.05, 3.63) is 70.7 Å². The Morgan fingerprint density at radius 3 is 2.36 bits per heavy atom. The van der Waals surface area contributed by atoms with Crippen LogP contribution in [0.1, 0.15) is 4.88 Å². The maximum atomic E-state index is 12.1.